The number of anilines is 2. The summed E-state index contributed by atoms with van der Waals surface area (Å²) in [5, 5.41) is 0. The number of rotatable bonds is 11. The third-order valence-electron chi connectivity index (χ3n) is 7.39. The van der Waals surface area contributed by atoms with Gasteiger partial charge in [0.15, 0.2) is 11.5 Å². The zero-order valence-corrected chi connectivity index (χ0v) is 22.0. The SMILES string of the molecule is COc1ccc(N(Cc2cccnc2)c2ccc(OCCN3CCCCC3)cc2)cc1OC1CCCC1. The molecule has 0 bridgehead atoms. The van der Waals surface area contributed by atoms with E-state index in [2.05, 4.69) is 57.2 Å². The predicted octanol–water partition coefficient (Wildman–Crippen LogP) is 6.61. The standard InChI is InChI=1S/C31H39N3O3/c1-35-30-16-13-27(22-31(30)37-29-9-3-4-10-29)34(24-25-8-7-17-32-23-25)26-11-14-28(15-12-26)36-21-20-33-18-5-2-6-19-33/h7-8,11-17,22-23,29H,2-6,9-10,18-21,24H2,1H3. The lowest BCUT2D eigenvalue weighted by molar-refractivity contribution is 0.183. The Morgan fingerprint density at radius 3 is 2.41 bits per heavy atom. The molecule has 6 nitrogen and oxygen atoms in total. The van der Waals surface area contributed by atoms with E-state index < -0.39 is 0 Å². The minimum absolute atomic E-state index is 0.261. The molecular formula is C31H39N3O3. The monoisotopic (exact) mass is 501 g/mol. The van der Waals surface area contributed by atoms with Crippen molar-refractivity contribution in [3.05, 3.63) is 72.6 Å². The number of piperidine rings is 1. The second kappa shape index (κ2) is 12.8. The van der Waals surface area contributed by atoms with Crippen molar-refractivity contribution in [2.75, 3.05) is 38.3 Å². The van der Waals surface area contributed by atoms with Crippen LogP contribution in [0.5, 0.6) is 17.2 Å². The summed E-state index contributed by atoms with van der Waals surface area (Å²) >= 11 is 0. The van der Waals surface area contributed by atoms with Crippen LogP contribution in [0, 0.1) is 0 Å². The van der Waals surface area contributed by atoms with Gasteiger partial charge >= 0.3 is 0 Å². The molecule has 2 heterocycles. The van der Waals surface area contributed by atoms with Crippen LogP contribution in [0.4, 0.5) is 11.4 Å². The number of likely N-dealkylation sites (tertiary alicyclic amines) is 1. The fourth-order valence-corrected chi connectivity index (χ4v) is 5.31. The Hall–Kier alpha value is -3.25. The summed E-state index contributed by atoms with van der Waals surface area (Å²) in [7, 11) is 1.70. The molecule has 0 spiro atoms. The van der Waals surface area contributed by atoms with Gasteiger partial charge in [0.2, 0.25) is 0 Å². The van der Waals surface area contributed by atoms with Crippen molar-refractivity contribution in [1.29, 1.82) is 0 Å². The molecule has 1 saturated carbocycles. The average Bonchev–Trinajstić information content (AvgIpc) is 3.47. The van der Waals surface area contributed by atoms with Gasteiger partial charge in [-0.15, -0.1) is 0 Å². The summed E-state index contributed by atoms with van der Waals surface area (Å²) < 4.78 is 18.1. The summed E-state index contributed by atoms with van der Waals surface area (Å²) in [6.45, 7) is 4.79. The summed E-state index contributed by atoms with van der Waals surface area (Å²) in [5.74, 6) is 2.48. The van der Waals surface area contributed by atoms with E-state index in [-0.39, 0.29) is 6.10 Å². The molecule has 0 amide bonds. The highest BCUT2D eigenvalue weighted by Gasteiger charge is 2.20. The minimum Gasteiger partial charge on any atom is -0.493 e. The molecule has 3 aromatic rings. The predicted molar refractivity (Wildman–Crippen MR) is 148 cm³/mol. The molecule has 2 aromatic carbocycles. The normalized spacial score (nSPS) is 16.5. The Bertz CT molecular complexity index is 1090. The molecule has 5 rings (SSSR count). The number of aromatic nitrogens is 1. The first-order valence-corrected chi connectivity index (χ1v) is 13.7. The van der Waals surface area contributed by atoms with Crippen LogP contribution in [0.2, 0.25) is 0 Å². The van der Waals surface area contributed by atoms with Crippen LogP contribution in [-0.2, 0) is 6.54 Å². The van der Waals surface area contributed by atoms with Crippen molar-refractivity contribution >= 4 is 11.4 Å². The first kappa shape index (κ1) is 25.4. The maximum absolute atomic E-state index is 6.40. The van der Waals surface area contributed by atoms with Gasteiger partial charge < -0.3 is 19.1 Å². The lowest BCUT2D eigenvalue weighted by atomic mass is 10.1. The summed E-state index contributed by atoms with van der Waals surface area (Å²) in [6, 6.07) is 18.7. The van der Waals surface area contributed by atoms with Gasteiger partial charge in [0.05, 0.1) is 13.2 Å². The quantitative estimate of drug-likeness (QED) is 0.294. The fraction of sp³-hybridized carbons (Fsp3) is 0.452. The molecular weight excluding hydrogens is 462 g/mol. The van der Waals surface area contributed by atoms with Gasteiger partial charge in [0.1, 0.15) is 12.4 Å². The Morgan fingerprint density at radius 1 is 0.892 bits per heavy atom. The molecule has 1 aliphatic heterocycles. The zero-order chi connectivity index (χ0) is 25.3. The van der Waals surface area contributed by atoms with Gasteiger partial charge in [0, 0.05) is 42.9 Å². The number of benzene rings is 2. The molecule has 37 heavy (non-hydrogen) atoms. The van der Waals surface area contributed by atoms with Crippen molar-refractivity contribution in [1.82, 2.24) is 9.88 Å². The third-order valence-corrected chi connectivity index (χ3v) is 7.39. The number of pyridine rings is 1. The van der Waals surface area contributed by atoms with Crippen LogP contribution in [0.1, 0.15) is 50.5 Å². The van der Waals surface area contributed by atoms with Crippen LogP contribution in [0.3, 0.4) is 0 Å². The summed E-state index contributed by atoms with van der Waals surface area (Å²) in [6.07, 6.45) is 12.6. The molecule has 0 N–H and O–H groups in total. The maximum atomic E-state index is 6.40. The first-order chi connectivity index (χ1) is 18.3. The summed E-state index contributed by atoms with van der Waals surface area (Å²) in [5.41, 5.74) is 3.28. The van der Waals surface area contributed by atoms with Gasteiger partial charge in [-0.1, -0.05) is 12.5 Å². The van der Waals surface area contributed by atoms with Gasteiger partial charge in [-0.3, -0.25) is 9.88 Å². The van der Waals surface area contributed by atoms with Gasteiger partial charge in [-0.2, -0.15) is 0 Å². The van der Waals surface area contributed by atoms with Crippen molar-refractivity contribution in [3.8, 4) is 17.2 Å². The Morgan fingerprint density at radius 2 is 1.68 bits per heavy atom. The summed E-state index contributed by atoms with van der Waals surface area (Å²) in [4.78, 5) is 9.12. The van der Waals surface area contributed by atoms with Gasteiger partial charge in [-0.25, -0.2) is 0 Å². The van der Waals surface area contributed by atoms with E-state index in [9.17, 15) is 0 Å². The number of ether oxygens (including phenoxy) is 3. The van der Waals surface area contributed by atoms with E-state index in [4.69, 9.17) is 14.2 Å². The van der Waals surface area contributed by atoms with Crippen LogP contribution < -0.4 is 19.1 Å². The van der Waals surface area contributed by atoms with E-state index in [1.807, 2.05) is 24.5 Å². The Labute approximate surface area is 221 Å². The van der Waals surface area contributed by atoms with Crippen LogP contribution in [0.25, 0.3) is 0 Å². The molecule has 1 aliphatic carbocycles. The Balaban J connectivity index is 1.34. The molecule has 0 radical (unpaired) electrons. The fourth-order valence-electron chi connectivity index (χ4n) is 5.31. The van der Waals surface area contributed by atoms with E-state index in [1.54, 1.807) is 7.11 Å². The second-order valence-electron chi connectivity index (χ2n) is 10.1. The highest BCUT2D eigenvalue weighted by atomic mass is 16.5. The molecule has 6 heteroatoms. The molecule has 2 fully saturated rings. The van der Waals surface area contributed by atoms with E-state index in [0.717, 1.165) is 60.2 Å². The van der Waals surface area contributed by atoms with E-state index in [1.165, 1.54) is 45.2 Å². The third kappa shape index (κ3) is 6.95. The number of methoxy groups -OCH3 is 1. The second-order valence-corrected chi connectivity index (χ2v) is 10.1. The zero-order valence-electron chi connectivity index (χ0n) is 22.0. The highest BCUT2D eigenvalue weighted by molar-refractivity contribution is 5.67. The van der Waals surface area contributed by atoms with Crippen LogP contribution >= 0.6 is 0 Å². The topological polar surface area (TPSA) is 47.1 Å². The van der Waals surface area contributed by atoms with Gasteiger partial charge in [-0.05, 0) is 99.6 Å². The smallest absolute Gasteiger partial charge is 0.163 e. The van der Waals surface area contributed by atoms with Crippen molar-refractivity contribution in [3.63, 3.8) is 0 Å². The number of hydrogen-bond acceptors (Lipinski definition) is 6. The van der Waals surface area contributed by atoms with Crippen molar-refractivity contribution < 1.29 is 14.2 Å². The van der Waals surface area contributed by atoms with Crippen LogP contribution in [-0.4, -0.2) is 49.3 Å². The molecule has 1 saturated heterocycles. The van der Waals surface area contributed by atoms with E-state index >= 15 is 0 Å². The molecule has 196 valence electrons. The van der Waals surface area contributed by atoms with E-state index in [0.29, 0.717) is 6.54 Å². The molecule has 2 aliphatic rings. The lowest BCUT2D eigenvalue weighted by Gasteiger charge is -2.27. The minimum atomic E-state index is 0.261. The maximum Gasteiger partial charge on any atom is 0.163 e. The number of nitrogens with zero attached hydrogens (tertiary/aromatic N) is 3. The molecule has 0 atom stereocenters. The Kier molecular flexibility index (Phi) is 8.80. The van der Waals surface area contributed by atoms with Gasteiger partial charge in [0.25, 0.3) is 0 Å². The first-order valence-electron chi connectivity index (χ1n) is 13.7. The van der Waals surface area contributed by atoms with Crippen LogP contribution in [0.15, 0.2) is 67.0 Å². The van der Waals surface area contributed by atoms with Crippen molar-refractivity contribution in [2.45, 2.75) is 57.6 Å². The molecule has 1 aromatic heterocycles. The average molecular weight is 502 g/mol. The van der Waals surface area contributed by atoms with Crippen molar-refractivity contribution in [2.24, 2.45) is 0 Å². The lowest BCUT2D eigenvalue weighted by Crippen LogP contribution is -2.33. The highest BCUT2D eigenvalue weighted by Crippen LogP contribution is 2.38. The molecule has 0 unspecified atom stereocenters. The largest absolute Gasteiger partial charge is 0.493 e. The number of hydrogen-bond donors (Lipinski definition) is 0.